The minimum absolute atomic E-state index is 0. The number of rotatable bonds is 0. The minimum atomic E-state index is 0. The Bertz CT molecular complexity index is 598. The van der Waals surface area contributed by atoms with Crippen LogP contribution in [0.3, 0.4) is 0 Å². The van der Waals surface area contributed by atoms with Crippen LogP contribution in [-0.2, 0) is 26.2 Å². The molecule has 0 saturated carbocycles. The van der Waals surface area contributed by atoms with Crippen LogP contribution in [0.2, 0.25) is 0 Å². The molecule has 3 heteroatoms. The molecule has 110 valence electrons. The topological polar surface area (TPSA) is 0 Å². The van der Waals surface area contributed by atoms with Gasteiger partial charge >= 0.3 is 26.2 Å². The first-order valence-corrected chi connectivity index (χ1v) is 6.40. The third-order valence-electron chi connectivity index (χ3n) is 3.73. The second kappa shape index (κ2) is 10.4. The van der Waals surface area contributed by atoms with Gasteiger partial charge in [0.25, 0.3) is 0 Å². The fourth-order valence-corrected chi connectivity index (χ4v) is 2.20. The Morgan fingerprint density at radius 3 is 2.00 bits per heavy atom. The van der Waals surface area contributed by atoms with E-state index in [2.05, 4.69) is 76.2 Å². The van der Waals surface area contributed by atoms with Crippen molar-refractivity contribution in [1.82, 2.24) is 0 Å². The largest absolute Gasteiger partial charge is 4.00 e. The minimum Gasteiger partial charge on any atom is -1.00 e. The van der Waals surface area contributed by atoms with E-state index in [9.17, 15) is 0 Å². The molecule has 3 aromatic carbocycles. The molecule has 0 spiro atoms. The Morgan fingerprint density at radius 1 is 0.952 bits per heavy atom. The second-order valence-electron chi connectivity index (χ2n) is 4.92. The van der Waals surface area contributed by atoms with E-state index in [1.54, 1.807) is 0 Å². The van der Waals surface area contributed by atoms with Gasteiger partial charge in [0.05, 0.1) is 0 Å². The fourth-order valence-electron chi connectivity index (χ4n) is 2.20. The first kappa shape index (κ1) is 22.9. The molecule has 0 radical (unpaired) electrons. The van der Waals surface area contributed by atoms with E-state index in [0.29, 0.717) is 0 Å². The number of halogens is 2. The first-order chi connectivity index (χ1) is 8.59. The maximum Gasteiger partial charge on any atom is 4.00 e. The van der Waals surface area contributed by atoms with Gasteiger partial charge in [-0.15, -0.1) is 29.7 Å². The van der Waals surface area contributed by atoms with E-state index in [1.165, 1.54) is 33.0 Å². The Kier molecular flexibility index (Phi) is 11.3. The third kappa shape index (κ3) is 5.74. The average Bonchev–Trinajstić information content (AvgIpc) is 2.92. The molecule has 0 saturated heterocycles. The van der Waals surface area contributed by atoms with Gasteiger partial charge in [0.15, 0.2) is 0 Å². The molecule has 0 aliphatic heterocycles. The van der Waals surface area contributed by atoms with Crippen LogP contribution in [0.25, 0.3) is 10.8 Å². The van der Waals surface area contributed by atoms with Gasteiger partial charge in [-0.2, -0.15) is 45.8 Å². The summed E-state index contributed by atoms with van der Waals surface area (Å²) in [5.41, 5.74) is 5.75. The van der Waals surface area contributed by atoms with Gasteiger partial charge in [-0.05, 0) is 0 Å². The van der Waals surface area contributed by atoms with E-state index in [-0.39, 0.29) is 51.0 Å². The van der Waals surface area contributed by atoms with Crippen molar-refractivity contribution in [2.24, 2.45) is 0 Å². The average molecular weight is 398 g/mol. The summed E-state index contributed by atoms with van der Waals surface area (Å²) in [6.45, 7) is 8.68. The number of aryl methyl sites for hydroxylation is 2. The molecule has 0 heterocycles. The van der Waals surface area contributed by atoms with Gasteiger partial charge in [0, 0.05) is 0 Å². The van der Waals surface area contributed by atoms with Crippen LogP contribution in [0.15, 0.2) is 48.5 Å². The van der Waals surface area contributed by atoms with Crippen LogP contribution in [0, 0.1) is 27.7 Å². The van der Waals surface area contributed by atoms with Crippen LogP contribution in [0.4, 0.5) is 0 Å². The van der Waals surface area contributed by atoms with E-state index in [4.69, 9.17) is 0 Å². The standard InChI is InChI=1S/C9H7.C9H13.2ClH.Zr/c1-2-5-9-7-3-6-8(9)4-1;1-6-5-7(2)9(4)8(6)3;;;/h1-7H;5H,1-4H3;2*1H;/q2*-1;;;+4/p-2. The molecule has 3 rings (SSSR count). The maximum atomic E-state index is 2.24. The molecule has 0 N–H and O–H groups in total. The molecule has 0 amide bonds. The van der Waals surface area contributed by atoms with Crippen molar-refractivity contribution in [2.75, 3.05) is 0 Å². The van der Waals surface area contributed by atoms with Gasteiger partial charge in [-0.1, -0.05) is 33.8 Å². The van der Waals surface area contributed by atoms with Crippen LogP contribution < -0.4 is 24.8 Å². The molecule has 21 heavy (non-hydrogen) atoms. The molecular formula is C18H20Cl2Zr. The first-order valence-electron chi connectivity index (χ1n) is 6.40. The molecule has 0 aliphatic carbocycles. The van der Waals surface area contributed by atoms with Crippen LogP contribution in [0.1, 0.15) is 22.3 Å². The molecule has 0 bridgehead atoms. The number of fused-ring (bicyclic) bond motifs is 1. The van der Waals surface area contributed by atoms with E-state index < -0.39 is 0 Å². The van der Waals surface area contributed by atoms with Crippen molar-refractivity contribution >= 4 is 10.8 Å². The van der Waals surface area contributed by atoms with Gasteiger partial charge in [0.1, 0.15) is 0 Å². The van der Waals surface area contributed by atoms with Crippen molar-refractivity contribution < 1.29 is 51.0 Å². The predicted molar refractivity (Wildman–Crippen MR) is 80.5 cm³/mol. The normalized spacial score (nSPS) is 8.76. The number of benzene rings is 1. The Labute approximate surface area is 159 Å². The Balaban J connectivity index is 0. The summed E-state index contributed by atoms with van der Waals surface area (Å²) < 4.78 is 0. The van der Waals surface area contributed by atoms with Gasteiger partial charge in [-0.3, -0.25) is 0 Å². The van der Waals surface area contributed by atoms with E-state index in [1.807, 2.05) is 0 Å². The van der Waals surface area contributed by atoms with E-state index >= 15 is 0 Å². The van der Waals surface area contributed by atoms with Crippen LogP contribution in [0.5, 0.6) is 0 Å². The van der Waals surface area contributed by atoms with Crippen LogP contribution >= 0.6 is 0 Å². The summed E-state index contributed by atoms with van der Waals surface area (Å²) >= 11 is 0. The summed E-state index contributed by atoms with van der Waals surface area (Å²) in [6, 6.07) is 16.9. The Hall–Kier alpha value is -0.357. The van der Waals surface area contributed by atoms with Crippen molar-refractivity contribution in [3.05, 3.63) is 70.8 Å². The number of hydrogen-bond acceptors (Lipinski definition) is 0. The van der Waals surface area contributed by atoms with Crippen LogP contribution in [-0.4, -0.2) is 0 Å². The van der Waals surface area contributed by atoms with Gasteiger partial charge in [0.2, 0.25) is 0 Å². The maximum absolute atomic E-state index is 2.24. The molecule has 0 atom stereocenters. The molecular weight excluding hydrogens is 378 g/mol. The monoisotopic (exact) mass is 396 g/mol. The molecule has 0 aromatic heterocycles. The zero-order valence-corrected chi connectivity index (χ0v) is 16.8. The predicted octanol–water partition coefficient (Wildman–Crippen LogP) is -0.797. The zero-order chi connectivity index (χ0) is 13.1. The van der Waals surface area contributed by atoms with Crippen molar-refractivity contribution in [2.45, 2.75) is 27.7 Å². The smallest absolute Gasteiger partial charge is 1.00 e. The summed E-state index contributed by atoms with van der Waals surface area (Å²) in [7, 11) is 0. The second-order valence-corrected chi connectivity index (χ2v) is 4.92. The molecule has 3 aromatic rings. The molecule has 0 aliphatic rings. The summed E-state index contributed by atoms with van der Waals surface area (Å²) in [5.74, 6) is 0. The van der Waals surface area contributed by atoms with Gasteiger partial charge in [-0.25, -0.2) is 0 Å². The quantitative estimate of drug-likeness (QED) is 0.435. The zero-order valence-electron chi connectivity index (χ0n) is 12.9. The van der Waals surface area contributed by atoms with Crippen molar-refractivity contribution in [3.8, 4) is 0 Å². The van der Waals surface area contributed by atoms with Crippen molar-refractivity contribution in [1.29, 1.82) is 0 Å². The molecule has 0 fully saturated rings. The molecule has 0 nitrogen and oxygen atoms in total. The molecule has 0 unspecified atom stereocenters. The van der Waals surface area contributed by atoms with Crippen molar-refractivity contribution in [3.63, 3.8) is 0 Å². The van der Waals surface area contributed by atoms with Gasteiger partial charge < -0.3 is 24.8 Å². The SMILES string of the molecule is Cc1c[c-](C)c(C)c1C.[Cl-].[Cl-].[Zr+4].c1ccc2[cH-]ccc2c1. The third-order valence-corrected chi connectivity index (χ3v) is 3.73. The Morgan fingerprint density at radius 2 is 1.57 bits per heavy atom. The summed E-state index contributed by atoms with van der Waals surface area (Å²) in [4.78, 5) is 0. The summed E-state index contributed by atoms with van der Waals surface area (Å²) in [5, 5.41) is 2.66. The number of hydrogen-bond donors (Lipinski definition) is 0. The fraction of sp³-hybridized carbons (Fsp3) is 0.222. The summed E-state index contributed by atoms with van der Waals surface area (Å²) in [6.07, 6.45) is 0. The van der Waals surface area contributed by atoms with E-state index in [0.717, 1.165) is 0 Å².